The lowest BCUT2D eigenvalue weighted by atomic mass is 9.94. The number of amides is 1. The number of nitrogens with one attached hydrogen (secondary N) is 1. The molecule has 0 fully saturated rings. The van der Waals surface area contributed by atoms with E-state index in [1.165, 1.54) is 0 Å². The van der Waals surface area contributed by atoms with Crippen LogP contribution in [0.1, 0.15) is 34.1 Å². The molecule has 3 nitrogen and oxygen atoms in total. The average molecular weight is 197 g/mol. The van der Waals surface area contributed by atoms with Crippen molar-refractivity contribution >= 4 is 5.91 Å². The van der Waals surface area contributed by atoms with Crippen LogP contribution < -0.4 is 5.32 Å². The van der Waals surface area contributed by atoms with E-state index in [0.717, 1.165) is 6.42 Å². The van der Waals surface area contributed by atoms with Crippen molar-refractivity contribution in [2.75, 3.05) is 0 Å². The fourth-order valence-corrected chi connectivity index (χ4v) is 1.26. The summed E-state index contributed by atoms with van der Waals surface area (Å²) >= 11 is 0. The van der Waals surface area contributed by atoms with Gasteiger partial charge >= 0.3 is 0 Å². The highest BCUT2D eigenvalue weighted by Crippen LogP contribution is 2.16. The number of hydrogen-bond donors (Lipinski definition) is 1. The predicted molar refractivity (Wildman–Crippen MR) is 55.7 cm³/mol. The van der Waals surface area contributed by atoms with Gasteiger partial charge in [0.25, 0.3) is 0 Å². The molecule has 0 saturated heterocycles. The Morgan fingerprint density at radius 2 is 2.14 bits per heavy atom. The second-order valence-corrected chi connectivity index (χ2v) is 4.84. The van der Waals surface area contributed by atoms with Crippen LogP contribution in [-0.4, -0.2) is 18.1 Å². The number of rotatable bonds is 1. The highest BCUT2D eigenvalue weighted by Gasteiger charge is 2.25. The number of carbonyl (C=O) groups excluding carboxylic acids is 1. The molecule has 1 N–H and O–H groups in total. The number of ether oxygens (including phenoxy) is 1. The van der Waals surface area contributed by atoms with Crippen molar-refractivity contribution in [2.24, 2.45) is 5.41 Å². The van der Waals surface area contributed by atoms with E-state index in [9.17, 15) is 4.79 Å². The van der Waals surface area contributed by atoms with Crippen molar-refractivity contribution in [3.63, 3.8) is 0 Å². The van der Waals surface area contributed by atoms with Crippen LogP contribution in [-0.2, 0) is 9.53 Å². The molecule has 1 aliphatic rings. The van der Waals surface area contributed by atoms with Crippen LogP contribution in [0.3, 0.4) is 0 Å². The first-order valence-corrected chi connectivity index (χ1v) is 5.02. The first-order valence-electron chi connectivity index (χ1n) is 5.02. The summed E-state index contributed by atoms with van der Waals surface area (Å²) in [5.41, 5.74) is -0.324. The van der Waals surface area contributed by atoms with Gasteiger partial charge in [0.1, 0.15) is 0 Å². The monoisotopic (exact) mass is 197 g/mol. The summed E-state index contributed by atoms with van der Waals surface area (Å²) < 4.78 is 5.24. The summed E-state index contributed by atoms with van der Waals surface area (Å²) in [6.07, 6.45) is 4.59. The minimum Gasteiger partial charge on any atom is -0.498 e. The van der Waals surface area contributed by atoms with Crippen LogP contribution in [0.15, 0.2) is 12.3 Å². The van der Waals surface area contributed by atoms with Gasteiger partial charge in [-0.2, -0.15) is 0 Å². The Labute approximate surface area is 85.5 Å². The normalized spacial score (nSPS) is 26.9. The van der Waals surface area contributed by atoms with Crippen molar-refractivity contribution < 1.29 is 9.53 Å². The molecule has 0 aromatic rings. The Hall–Kier alpha value is -0.990. The zero-order valence-electron chi connectivity index (χ0n) is 9.33. The minimum absolute atomic E-state index is 0.0845. The number of carbonyl (C=O) groups is 1. The van der Waals surface area contributed by atoms with Gasteiger partial charge in [-0.05, 0) is 13.0 Å². The van der Waals surface area contributed by atoms with Gasteiger partial charge in [0.15, 0.2) is 0 Å². The van der Waals surface area contributed by atoms with Gasteiger partial charge in [-0.1, -0.05) is 20.8 Å². The molecule has 0 aliphatic carbocycles. The lowest BCUT2D eigenvalue weighted by Gasteiger charge is -2.26. The van der Waals surface area contributed by atoms with Crippen molar-refractivity contribution in [1.29, 1.82) is 0 Å². The molecule has 1 heterocycles. The first kappa shape index (κ1) is 11.1. The first-order chi connectivity index (χ1) is 6.39. The molecular formula is C11H19NO2. The third-order valence-electron chi connectivity index (χ3n) is 2.21. The average Bonchev–Trinajstić information content (AvgIpc) is 2.02. The third kappa shape index (κ3) is 3.05. The van der Waals surface area contributed by atoms with E-state index in [1.807, 2.05) is 33.8 Å². The molecule has 14 heavy (non-hydrogen) atoms. The molecular weight excluding hydrogens is 178 g/mol. The second kappa shape index (κ2) is 4.03. The Kier molecular flexibility index (Phi) is 3.19. The zero-order valence-corrected chi connectivity index (χ0v) is 9.33. The smallest absolute Gasteiger partial charge is 0.225 e. The Bertz CT molecular complexity index is 240. The molecule has 0 aromatic carbocycles. The molecule has 3 heteroatoms. The van der Waals surface area contributed by atoms with Crippen molar-refractivity contribution in [1.82, 2.24) is 5.32 Å². The van der Waals surface area contributed by atoms with Crippen LogP contribution in [0.5, 0.6) is 0 Å². The minimum atomic E-state index is -0.324. The molecule has 1 aliphatic heterocycles. The summed E-state index contributed by atoms with van der Waals surface area (Å²) in [6, 6.07) is 0.116. The van der Waals surface area contributed by atoms with Gasteiger partial charge in [0, 0.05) is 11.8 Å². The predicted octanol–water partition coefficient (Wildman–Crippen LogP) is 1.84. The van der Waals surface area contributed by atoms with Gasteiger partial charge in [-0.3, -0.25) is 4.79 Å². The van der Waals surface area contributed by atoms with E-state index in [2.05, 4.69) is 5.32 Å². The van der Waals surface area contributed by atoms with Gasteiger partial charge in [-0.25, -0.2) is 0 Å². The van der Waals surface area contributed by atoms with E-state index in [-0.39, 0.29) is 23.5 Å². The fourth-order valence-electron chi connectivity index (χ4n) is 1.26. The SMILES string of the molecule is C[C@@H]1C[C@H](NC(=O)C(C)(C)C)C=CO1. The molecule has 1 rings (SSSR count). The number of hydrogen-bond acceptors (Lipinski definition) is 2. The fraction of sp³-hybridized carbons (Fsp3) is 0.727. The van der Waals surface area contributed by atoms with Gasteiger partial charge in [-0.15, -0.1) is 0 Å². The molecule has 0 saturated carbocycles. The summed E-state index contributed by atoms with van der Waals surface area (Å²) in [5, 5.41) is 2.98. The van der Waals surface area contributed by atoms with Crippen LogP contribution in [0, 0.1) is 5.41 Å². The highest BCUT2D eigenvalue weighted by atomic mass is 16.5. The molecule has 2 atom stereocenters. The summed E-state index contributed by atoms with van der Waals surface area (Å²) in [5.74, 6) is 0.0845. The van der Waals surface area contributed by atoms with Crippen molar-refractivity contribution in [2.45, 2.75) is 46.3 Å². The van der Waals surface area contributed by atoms with Crippen LogP contribution in [0.2, 0.25) is 0 Å². The molecule has 80 valence electrons. The molecule has 1 amide bonds. The van der Waals surface area contributed by atoms with Gasteiger partial charge < -0.3 is 10.1 Å². The molecule has 0 aromatic heterocycles. The van der Waals surface area contributed by atoms with Crippen molar-refractivity contribution in [3.8, 4) is 0 Å². The maximum atomic E-state index is 11.7. The van der Waals surface area contributed by atoms with E-state index in [4.69, 9.17) is 4.74 Å². The lowest BCUT2D eigenvalue weighted by Crippen LogP contribution is -2.43. The topological polar surface area (TPSA) is 38.3 Å². The van der Waals surface area contributed by atoms with Gasteiger partial charge in [0.05, 0.1) is 18.4 Å². The van der Waals surface area contributed by atoms with E-state index < -0.39 is 0 Å². The van der Waals surface area contributed by atoms with Crippen molar-refractivity contribution in [3.05, 3.63) is 12.3 Å². The van der Waals surface area contributed by atoms with Crippen LogP contribution in [0.4, 0.5) is 0 Å². The maximum absolute atomic E-state index is 11.7. The summed E-state index contributed by atoms with van der Waals surface area (Å²) in [4.78, 5) is 11.7. The van der Waals surface area contributed by atoms with E-state index in [0.29, 0.717) is 0 Å². The molecule has 0 unspecified atom stereocenters. The zero-order chi connectivity index (χ0) is 10.8. The second-order valence-electron chi connectivity index (χ2n) is 4.84. The molecule has 0 spiro atoms. The van der Waals surface area contributed by atoms with E-state index >= 15 is 0 Å². The third-order valence-corrected chi connectivity index (χ3v) is 2.21. The van der Waals surface area contributed by atoms with E-state index in [1.54, 1.807) is 6.26 Å². The highest BCUT2D eigenvalue weighted by molar-refractivity contribution is 5.81. The maximum Gasteiger partial charge on any atom is 0.225 e. The summed E-state index contributed by atoms with van der Waals surface area (Å²) in [6.45, 7) is 7.73. The Morgan fingerprint density at radius 3 is 2.64 bits per heavy atom. The lowest BCUT2D eigenvalue weighted by molar-refractivity contribution is -0.129. The van der Waals surface area contributed by atoms with Crippen LogP contribution in [0.25, 0.3) is 0 Å². The largest absolute Gasteiger partial charge is 0.498 e. The summed E-state index contributed by atoms with van der Waals surface area (Å²) in [7, 11) is 0. The molecule has 0 radical (unpaired) electrons. The van der Waals surface area contributed by atoms with Crippen LogP contribution >= 0.6 is 0 Å². The Balaban J connectivity index is 2.49. The molecule has 0 bridgehead atoms. The standard InChI is InChI=1S/C11H19NO2/c1-8-7-9(5-6-14-8)12-10(13)11(2,3)4/h5-6,8-9H,7H2,1-4H3,(H,12,13)/t8-,9-/m1/s1. The quantitative estimate of drug-likeness (QED) is 0.696. The van der Waals surface area contributed by atoms with Gasteiger partial charge in [0.2, 0.25) is 5.91 Å². The Morgan fingerprint density at radius 1 is 1.50 bits per heavy atom.